The lowest BCUT2D eigenvalue weighted by Crippen LogP contribution is -2.20. The summed E-state index contributed by atoms with van der Waals surface area (Å²) in [7, 11) is 0. The van der Waals surface area contributed by atoms with Crippen LogP contribution in [0.15, 0.2) is 41.7 Å². The number of nitrogens with zero attached hydrogens (tertiary/aromatic N) is 3. The minimum absolute atomic E-state index is 0.0173. The molecular formula is C21H22F3N3O4S. The van der Waals surface area contributed by atoms with Crippen molar-refractivity contribution in [1.29, 1.82) is 0 Å². The Kier molecular flexibility index (Phi) is 7.29. The molecule has 1 atom stereocenters. The molecule has 0 amide bonds. The van der Waals surface area contributed by atoms with Gasteiger partial charge in [-0.1, -0.05) is 26.0 Å². The van der Waals surface area contributed by atoms with Crippen molar-refractivity contribution in [1.82, 2.24) is 14.5 Å². The van der Waals surface area contributed by atoms with Gasteiger partial charge in [-0.2, -0.15) is 18.2 Å². The number of esters is 1. The highest BCUT2D eigenvalue weighted by Crippen LogP contribution is 2.27. The Balaban J connectivity index is 1.86. The third kappa shape index (κ3) is 5.71. The van der Waals surface area contributed by atoms with Crippen LogP contribution < -0.4 is 4.74 Å². The molecule has 0 bridgehead atoms. The maximum Gasteiger partial charge on any atom is 0.422 e. The van der Waals surface area contributed by atoms with E-state index in [1.807, 2.05) is 0 Å². The van der Waals surface area contributed by atoms with Crippen LogP contribution in [-0.4, -0.2) is 37.8 Å². The largest absolute Gasteiger partial charge is 0.609 e. The van der Waals surface area contributed by atoms with Crippen molar-refractivity contribution < 1.29 is 32.0 Å². The van der Waals surface area contributed by atoms with Crippen molar-refractivity contribution in [3.05, 3.63) is 47.8 Å². The Morgan fingerprint density at radius 3 is 2.66 bits per heavy atom. The van der Waals surface area contributed by atoms with Crippen LogP contribution in [0.3, 0.4) is 0 Å². The van der Waals surface area contributed by atoms with Crippen LogP contribution >= 0.6 is 0 Å². The lowest BCUT2D eigenvalue weighted by Gasteiger charge is -2.15. The van der Waals surface area contributed by atoms with Crippen molar-refractivity contribution in [3.63, 3.8) is 0 Å². The number of carbonyl (C=O) groups is 1. The monoisotopic (exact) mass is 469 g/mol. The Labute approximate surface area is 185 Å². The molecule has 0 saturated heterocycles. The molecule has 0 radical (unpaired) electrons. The molecule has 172 valence electrons. The number of fused-ring (bicyclic) bond motifs is 1. The number of rotatable bonds is 8. The number of hydrogen-bond donors (Lipinski definition) is 0. The number of para-hydroxylation sites is 2. The van der Waals surface area contributed by atoms with Gasteiger partial charge in [0.05, 0.1) is 22.6 Å². The van der Waals surface area contributed by atoms with Gasteiger partial charge in [0.15, 0.2) is 19.1 Å². The van der Waals surface area contributed by atoms with E-state index in [2.05, 4.69) is 9.97 Å². The molecule has 2 aromatic heterocycles. The highest BCUT2D eigenvalue weighted by atomic mass is 32.2. The maximum absolute atomic E-state index is 13.2. The van der Waals surface area contributed by atoms with Gasteiger partial charge in [0, 0.05) is 22.9 Å². The van der Waals surface area contributed by atoms with E-state index in [4.69, 9.17) is 9.47 Å². The number of benzene rings is 1. The van der Waals surface area contributed by atoms with Crippen molar-refractivity contribution in [2.75, 3.05) is 6.61 Å². The third-order valence-corrected chi connectivity index (χ3v) is 5.80. The number of halogens is 3. The quantitative estimate of drug-likeness (QED) is 0.364. The van der Waals surface area contributed by atoms with Crippen LogP contribution in [0.25, 0.3) is 11.0 Å². The molecule has 32 heavy (non-hydrogen) atoms. The fourth-order valence-corrected chi connectivity index (χ4v) is 4.12. The van der Waals surface area contributed by atoms with Crippen LogP contribution in [0, 0.1) is 12.8 Å². The average molecular weight is 469 g/mol. The van der Waals surface area contributed by atoms with E-state index in [0.717, 1.165) is 0 Å². The molecule has 2 heterocycles. The first-order valence-corrected chi connectivity index (χ1v) is 11.0. The first-order chi connectivity index (χ1) is 15.1. The molecule has 3 aromatic rings. The standard InChI is InChI=1S/C21H22F3N3O4S/c1-13(2)19(28)31-12-27-17-7-5-4-6-15(17)26-20(27)32(29)10-16-14(3)18(8-9-25-16)30-11-21(22,23)24/h4-9,13H,10-12H2,1-3H3. The zero-order valence-corrected chi connectivity index (χ0v) is 18.5. The fourth-order valence-electron chi connectivity index (χ4n) is 2.86. The molecule has 1 unspecified atom stereocenters. The predicted octanol–water partition coefficient (Wildman–Crippen LogP) is 4.15. The van der Waals surface area contributed by atoms with Crippen LogP contribution in [0.2, 0.25) is 0 Å². The minimum Gasteiger partial charge on any atom is -0.609 e. The van der Waals surface area contributed by atoms with Gasteiger partial charge in [-0.05, 0) is 25.1 Å². The molecule has 0 aliphatic heterocycles. The summed E-state index contributed by atoms with van der Waals surface area (Å²) >= 11 is -1.72. The predicted molar refractivity (Wildman–Crippen MR) is 111 cm³/mol. The lowest BCUT2D eigenvalue weighted by atomic mass is 10.2. The first-order valence-electron chi connectivity index (χ1n) is 9.71. The van der Waals surface area contributed by atoms with Gasteiger partial charge in [-0.3, -0.25) is 9.78 Å². The van der Waals surface area contributed by atoms with Gasteiger partial charge in [-0.25, -0.2) is 4.57 Å². The van der Waals surface area contributed by atoms with Gasteiger partial charge >= 0.3 is 17.3 Å². The molecule has 7 nitrogen and oxygen atoms in total. The molecule has 11 heteroatoms. The van der Waals surface area contributed by atoms with Crippen LogP contribution in [0.5, 0.6) is 5.75 Å². The molecule has 3 rings (SSSR count). The summed E-state index contributed by atoms with van der Waals surface area (Å²) in [6.07, 6.45) is -3.17. The SMILES string of the molecule is Cc1c(OCC(F)(F)F)ccnc1C[S+]([O-])c1nc2ccccc2n1COC(=O)C(C)C. The number of imidazole rings is 1. The van der Waals surface area contributed by atoms with Crippen molar-refractivity contribution in [2.45, 2.75) is 44.6 Å². The van der Waals surface area contributed by atoms with Gasteiger partial charge < -0.3 is 14.0 Å². The molecule has 1 aromatic carbocycles. The second-order valence-electron chi connectivity index (χ2n) is 7.33. The Morgan fingerprint density at radius 2 is 1.97 bits per heavy atom. The summed E-state index contributed by atoms with van der Waals surface area (Å²) < 4.78 is 62.4. The lowest BCUT2D eigenvalue weighted by molar-refractivity contribution is -0.153. The Hall–Kier alpha value is -2.79. The van der Waals surface area contributed by atoms with Crippen molar-refractivity contribution >= 4 is 28.2 Å². The molecule has 0 spiro atoms. The zero-order valence-electron chi connectivity index (χ0n) is 17.7. The van der Waals surface area contributed by atoms with Crippen LogP contribution in [0.1, 0.15) is 25.1 Å². The second kappa shape index (κ2) is 9.78. The summed E-state index contributed by atoms with van der Waals surface area (Å²) in [5, 5.41) is 0.172. The van der Waals surface area contributed by atoms with E-state index < -0.39 is 29.9 Å². The van der Waals surface area contributed by atoms with E-state index in [-0.39, 0.29) is 29.3 Å². The average Bonchev–Trinajstić information content (AvgIpc) is 3.10. The third-order valence-electron chi connectivity index (χ3n) is 4.55. The smallest absolute Gasteiger partial charge is 0.422 e. The summed E-state index contributed by atoms with van der Waals surface area (Å²) in [6.45, 7) is 3.36. The number of pyridine rings is 1. The number of aromatic nitrogens is 3. The van der Waals surface area contributed by atoms with Gasteiger partial charge in [0.25, 0.3) is 0 Å². The highest BCUT2D eigenvalue weighted by molar-refractivity contribution is 7.90. The zero-order chi connectivity index (χ0) is 23.5. The summed E-state index contributed by atoms with van der Waals surface area (Å²) in [5.41, 5.74) is 1.89. The topological polar surface area (TPSA) is 89.3 Å². The summed E-state index contributed by atoms with van der Waals surface area (Å²) in [6, 6.07) is 8.39. The van der Waals surface area contributed by atoms with E-state index in [1.165, 1.54) is 12.3 Å². The Morgan fingerprint density at radius 1 is 1.25 bits per heavy atom. The number of ether oxygens (including phenoxy) is 2. The molecule has 0 aliphatic carbocycles. The molecule has 0 saturated carbocycles. The molecule has 0 N–H and O–H groups in total. The number of carbonyl (C=O) groups excluding carboxylic acids is 1. The highest BCUT2D eigenvalue weighted by Gasteiger charge is 2.29. The summed E-state index contributed by atoms with van der Waals surface area (Å²) in [4.78, 5) is 20.5. The summed E-state index contributed by atoms with van der Waals surface area (Å²) in [5.74, 6) is -0.823. The molecule has 0 aliphatic rings. The van der Waals surface area contributed by atoms with E-state index in [0.29, 0.717) is 22.3 Å². The van der Waals surface area contributed by atoms with Crippen LogP contribution in [-0.2, 0) is 33.2 Å². The van der Waals surface area contributed by atoms with Gasteiger partial charge in [-0.15, -0.1) is 0 Å². The Bertz CT molecular complexity index is 1100. The molecule has 0 fully saturated rings. The number of alkyl halides is 3. The fraction of sp³-hybridized carbons (Fsp3) is 0.381. The second-order valence-corrected chi connectivity index (χ2v) is 8.68. The molecular weight excluding hydrogens is 447 g/mol. The van der Waals surface area contributed by atoms with E-state index in [9.17, 15) is 22.5 Å². The maximum atomic E-state index is 13.2. The van der Waals surface area contributed by atoms with Gasteiger partial charge in [0.2, 0.25) is 0 Å². The van der Waals surface area contributed by atoms with Crippen molar-refractivity contribution in [3.8, 4) is 5.75 Å². The van der Waals surface area contributed by atoms with Crippen LogP contribution in [0.4, 0.5) is 13.2 Å². The first kappa shape index (κ1) is 23.9. The van der Waals surface area contributed by atoms with E-state index >= 15 is 0 Å². The van der Waals surface area contributed by atoms with Gasteiger partial charge in [0.1, 0.15) is 5.75 Å². The minimum atomic E-state index is -4.48. The van der Waals surface area contributed by atoms with E-state index in [1.54, 1.807) is 49.6 Å². The number of hydrogen-bond acceptors (Lipinski definition) is 6. The van der Waals surface area contributed by atoms with Crippen molar-refractivity contribution in [2.24, 2.45) is 5.92 Å². The normalized spacial score (nSPS) is 12.9.